The van der Waals surface area contributed by atoms with E-state index in [1.54, 1.807) is 6.20 Å². The molecule has 1 fully saturated rings. The van der Waals surface area contributed by atoms with Crippen molar-refractivity contribution in [2.24, 2.45) is 0 Å². The summed E-state index contributed by atoms with van der Waals surface area (Å²) in [6.07, 6.45) is 5.17. The first-order chi connectivity index (χ1) is 7.81. The molecule has 0 spiro atoms. The fraction of sp³-hybridized carbons (Fsp3) is 0.583. The number of likely N-dealkylation sites (N-methyl/N-ethyl adjacent to an activating group) is 1. The van der Waals surface area contributed by atoms with Crippen molar-refractivity contribution in [3.05, 3.63) is 29.8 Å². The van der Waals surface area contributed by atoms with Crippen molar-refractivity contribution in [3.8, 4) is 0 Å². The number of aromatic nitrogens is 1. The predicted molar refractivity (Wildman–Crippen MR) is 59.6 cm³/mol. The van der Waals surface area contributed by atoms with Gasteiger partial charge in [0, 0.05) is 12.8 Å². The van der Waals surface area contributed by atoms with Crippen molar-refractivity contribution in [1.29, 1.82) is 0 Å². The van der Waals surface area contributed by atoms with Crippen LogP contribution in [0, 0.1) is 5.82 Å². The second-order valence-electron chi connectivity index (χ2n) is 4.02. The molecule has 1 aromatic heterocycles. The minimum absolute atomic E-state index is 0.0516. The van der Waals surface area contributed by atoms with Crippen LogP contribution in [0.25, 0.3) is 0 Å². The predicted octanol–water partition coefficient (Wildman–Crippen LogP) is 2.05. The Balaban J connectivity index is 2.17. The molecule has 88 valence electrons. The number of pyridine rings is 1. The van der Waals surface area contributed by atoms with Crippen LogP contribution in [0.3, 0.4) is 0 Å². The van der Waals surface area contributed by atoms with Gasteiger partial charge in [-0.3, -0.25) is 4.98 Å². The molecule has 1 saturated heterocycles. The SMILES string of the molecule is CCNC(c1cncc(F)c1)C1CCCO1. The highest BCUT2D eigenvalue weighted by Crippen LogP contribution is 2.26. The van der Waals surface area contributed by atoms with Gasteiger partial charge in [0.15, 0.2) is 0 Å². The number of hydrogen-bond acceptors (Lipinski definition) is 3. The lowest BCUT2D eigenvalue weighted by Gasteiger charge is -2.23. The van der Waals surface area contributed by atoms with Crippen molar-refractivity contribution in [2.45, 2.75) is 31.9 Å². The minimum Gasteiger partial charge on any atom is -0.376 e. The van der Waals surface area contributed by atoms with Crippen LogP contribution < -0.4 is 5.32 Å². The van der Waals surface area contributed by atoms with Crippen LogP contribution in [-0.4, -0.2) is 24.2 Å². The van der Waals surface area contributed by atoms with Crippen LogP contribution in [0.4, 0.5) is 4.39 Å². The lowest BCUT2D eigenvalue weighted by atomic mass is 10.0. The van der Waals surface area contributed by atoms with Crippen LogP contribution in [0.1, 0.15) is 31.4 Å². The number of hydrogen-bond donors (Lipinski definition) is 1. The molecule has 0 aliphatic carbocycles. The van der Waals surface area contributed by atoms with E-state index >= 15 is 0 Å². The van der Waals surface area contributed by atoms with Crippen molar-refractivity contribution in [2.75, 3.05) is 13.2 Å². The maximum atomic E-state index is 13.1. The van der Waals surface area contributed by atoms with Crippen LogP contribution >= 0.6 is 0 Å². The van der Waals surface area contributed by atoms with E-state index in [0.717, 1.165) is 31.6 Å². The Labute approximate surface area is 95.0 Å². The zero-order valence-electron chi connectivity index (χ0n) is 9.45. The van der Waals surface area contributed by atoms with Crippen LogP contribution in [0.5, 0.6) is 0 Å². The molecule has 2 unspecified atom stereocenters. The van der Waals surface area contributed by atoms with E-state index in [-0.39, 0.29) is 18.0 Å². The van der Waals surface area contributed by atoms with E-state index in [1.165, 1.54) is 12.3 Å². The Morgan fingerprint density at radius 1 is 1.62 bits per heavy atom. The van der Waals surface area contributed by atoms with Crippen LogP contribution in [0.2, 0.25) is 0 Å². The van der Waals surface area contributed by atoms with Gasteiger partial charge in [-0.15, -0.1) is 0 Å². The molecule has 2 heterocycles. The Bertz CT molecular complexity index is 340. The number of ether oxygens (including phenoxy) is 1. The molecule has 0 bridgehead atoms. The Morgan fingerprint density at radius 2 is 2.50 bits per heavy atom. The number of halogens is 1. The molecule has 4 heteroatoms. The normalized spacial score (nSPS) is 22.2. The maximum absolute atomic E-state index is 13.1. The first-order valence-electron chi connectivity index (χ1n) is 5.76. The molecule has 0 radical (unpaired) electrons. The summed E-state index contributed by atoms with van der Waals surface area (Å²) in [5.41, 5.74) is 0.869. The molecule has 0 aromatic carbocycles. The Kier molecular flexibility index (Phi) is 3.85. The third-order valence-electron chi connectivity index (χ3n) is 2.85. The van der Waals surface area contributed by atoms with Crippen LogP contribution in [0.15, 0.2) is 18.5 Å². The summed E-state index contributed by atoms with van der Waals surface area (Å²) >= 11 is 0. The van der Waals surface area contributed by atoms with E-state index in [9.17, 15) is 4.39 Å². The molecule has 1 aliphatic heterocycles. The van der Waals surface area contributed by atoms with E-state index in [0.29, 0.717) is 0 Å². The second kappa shape index (κ2) is 5.37. The largest absolute Gasteiger partial charge is 0.376 e. The first-order valence-corrected chi connectivity index (χ1v) is 5.76. The summed E-state index contributed by atoms with van der Waals surface area (Å²) in [5.74, 6) is -0.293. The molecule has 2 atom stereocenters. The van der Waals surface area contributed by atoms with Crippen molar-refractivity contribution >= 4 is 0 Å². The highest BCUT2D eigenvalue weighted by Gasteiger charge is 2.26. The minimum atomic E-state index is -0.293. The average molecular weight is 224 g/mol. The van der Waals surface area contributed by atoms with Crippen molar-refractivity contribution < 1.29 is 9.13 Å². The highest BCUT2D eigenvalue weighted by atomic mass is 19.1. The topological polar surface area (TPSA) is 34.2 Å². The lowest BCUT2D eigenvalue weighted by Crippen LogP contribution is -2.31. The lowest BCUT2D eigenvalue weighted by molar-refractivity contribution is 0.0786. The van der Waals surface area contributed by atoms with Gasteiger partial charge >= 0.3 is 0 Å². The molecule has 1 aliphatic rings. The van der Waals surface area contributed by atoms with E-state index < -0.39 is 0 Å². The summed E-state index contributed by atoms with van der Waals surface area (Å²) in [4.78, 5) is 3.89. The molecule has 1 N–H and O–H groups in total. The van der Waals surface area contributed by atoms with E-state index in [4.69, 9.17) is 4.74 Å². The van der Waals surface area contributed by atoms with Crippen LogP contribution in [-0.2, 0) is 4.74 Å². The van der Waals surface area contributed by atoms with Gasteiger partial charge in [0.05, 0.1) is 18.3 Å². The fourth-order valence-corrected chi connectivity index (χ4v) is 2.15. The molecule has 3 nitrogen and oxygen atoms in total. The second-order valence-corrected chi connectivity index (χ2v) is 4.02. The molecule has 0 saturated carbocycles. The molecule has 2 rings (SSSR count). The summed E-state index contributed by atoms with van der Waals surface area (Å²) in [7, 11) is 0. The number of rotatable bonds is 4. The molecule has 16 heavy (non-hydrogen) atoms. The number of nitrogens with zero attached hydrogens (tertiary/aromatic N) is 1. The van der Waals surface area contributed by atoms with Crippen molar-refractivity contribution in [1.82, 2.24) is 10.3 Å². The number of nitrogens with one attached hydrogen (secondary N) is 1. The smallest absolute Gasteiger partial charge is 0.141 e. The van der Waals surface area contributed by atoms with E-state index in [1.807, 2.05) is 6.92 Å². The standard InChI is InChI=1S/C12H17FN2O/c1-2-15-12(11-4-3-5-16-11)9-6-10(13)8-14-7-9/h6-8,11-12,15H,2-5H2,1H3. The van der Waals surface area contributed by atoms with Gasteiger partial charge in [-0.1, -0.05) is 6.92 Å². The summed E-state index contributed by atoms with van der Waals surface area (Å²) in [6.45, 7) is 3.67. The first kappa shape index (κ1) is 11.5. The summed E-state index contributed by atoms with van der Waals surface area (Å²) < 4.78 is 18.8. The van der Waals surface area contributed by atoms with Gasteiger partial charge < -0.3 is 10.1 Å². The Hall–Kier alpha value is -1.00. The van der Waals surface area contributed by atoms with E-state index in [2.05, 4.69) is 10.3 Å². The summed E-state index contributed by atoms with van der Waals surface area (Å²) in [5, 5.41) is 3.34. The van der Waals surface area contributed by atoms with Gasteiger partial charge in [0.1, 0.15) is 5.82 Å². The van der Waals surface area contributed by atoms with Crippen molar-refractivity contribution in [3.63, 3.8) is 0 Å². The molecular formula is C12H17FN2O. The molecule has 0 amide bonds. The molecule has 1 aromatic rings. The average Bonchev–Trinajstić information content (AvgIpc) is 2.79. The quantitative estimate of drug-likeness (QED) is 0.850. The fourth-order valence-electron chi connectivity index (χ4n) is 2.15. The third-order valence-corrected chi connectivity index (χ3v) is 2.85. The van der Waals surface area contributed by atoms with Gasteiger partial charge in [0.2, 0.25) is 0 Å². The Morgan fingerprint density at radius 3 is 3.12 bits per heavy atom. The monoisotopic (exact) mass is 224 g/mol. The van der Waals surface area contributed by atoms with Gasteiger partial charge in [-0.25, -0.2) is 4.39 Å². The zero-order valence-corrected chi connectivity index (χ0v) is 9.45. The molecular weight excluding hydrogens is 207 g/mol. The van der Waals surface area contributed by atoms with Gasteiger partial charge in [-0.2, -0.15) is 0 Å². The maximum Gasteiger partial charge on any atom is 0.141 e. The summed E-state index contributed by atoms with van der Waals surface area (Å²) in [6, 6.07) is 1.58. The highest BCUT2D eigenvalue weighted by molar-refractivity contribution is 5.17. The van der Waals surface area contributed by atoms with Gasteiger partial charge in [0.25, 0.3) is 0 Å². The van der Waals surface area contributed by atoms with Gasteiger partial charge in [-0.05, 0) is 31.0 Å². The third kappa shape index (κ3) is 2.57. The zero-order chi connectivity index (χ0) is 11.4.